The van der Waals surface area contributed by atoms with E-state index in [1.54, 1.807) is 19.2 Å². The SMILES string of the molecule is COc1cc(C)nc(CNC(C)c2ccc(F)cc2)c1. The Morgan fingerprint density at radius 1 is 1.25 bits per heavy atom. The van der Waals surface area contributed by atoms with Crippen LogP contribution in [0.3, 0.4) is 0 Å². The molecule has 1 N–H and O–H groups in total. The molecule has 4 heteroatoms. The molecule has 106 valence electrons. The van der Waals surface area contributed by atoms with Crippen LogP contribution < -0.4 is 10.1 Å². The van der Waals surface area contributed by atoms with Crippen LogP contribution in [0.15, 0.2) is 36.4 Å². The lowest BCUT2D eigenvalue weighted by molar-refractivity contribution is 0.412. The first-order valence-corrected chi connectivity index (χ1v) is 6.59. The number of rotatable bonds is 5. The number of aryl methyl sites for hydroxylation is 1. The van der Waals surface area contributed by atoms with Gasteiger partial charge in [0.1, 0.15) is 11.6 Å². The molecule has 0 saturated heterocycles. The maximum absolute atomic E-state index is 12.9. The molecule has 0 spiro atoms. The molecule has 0 bridgehead atoms. The van der Waals surface area contributed by atoms with Crippen LogP contribution in [0.5, 0.6) is 5.75 Å². The zero-order valence-electron chi connectivity index (χ0n) is 12.0. The van der Waals surface area contributed by atoms with Gasteiger partial charge < -0.3 is 10.1 Å². The Hall–Kier alpha value is -1.94. The van der Waals surface area contributed by atoms with Crippen LogP contribution in [0, 0.1) is 12.7 Å². The fraction of sp³-hybridized carbons (Fsp3) is 0.312. The summed E-state index contributed by atoms with van der Waals surface area (Å²) in [6.07, 6.45) is 0. The summed E-state index contributed by atoms with van der Waals surface area (Å²) >= 11 is 0. The maximum atomic E-state index is 12.9. The number of benzene rings is 1. The van der Waals surface area contributed by atoms with Gasteiger partial charge >= 0.3 is 0 Å². The van der Waals surface area contributed by atoms with Gasteiger partial charge in [-0.2, -0.15) is 0 Å². The number of pyridine rings is 1. The average molecular weight is 274 g/mol. The van der Waals surface area contributed by atoms with Gasteiger partial charge in [0.05, 0.1) is 12.8 Å². The molecular weight excluding hydrogens is 255 g/mol. The Balaban J connectivity index is 2.01. The highest BCUT2D eigenvalue weighted by atomic mass is 19.1. The van der Waals surface area contributed by atoms with E-state index in [4.69, 9.17) is 4.74 Å². The van der Waals surface area contributed by atoms with Crippen molar-refractivity contribution in [2.24, 2.45) is 0 Å². The Bertz CT molecular complexity index is 569. The molecule has 1 aromatic carbocycles. The molecular formula is C16H19FN2O. The van der Waals surface area contributed by atoms with E-state index in [-0.39, 0.29) is 11.9 Å². The fourth-order valence-corrected chi connectivity index (χ4v) is 2.04. The molecule has 20 heavy (non-hydrogen) atoms. The molecule has 1 heterocycles. The smallest absolute Gasteiger partial charge is 0.123 e. The van der Waals surface area contributed by atoms with Crippen molar-refractivity contribution < 1.29 is 9.13 Å². The molecule has 0 fully saturated rings. The highest BCUT2D eigenvalue weighted by Gasteiger charge is 2.06. The zero-order valence-corrected chi connectivity index (χ0v) is 12.0. The third-order valence-electron chi connectivity index (χ3n) is 3.18. The lowest BCUT2D eigenvalue weighted by atomic mass is 10.1. The Labute approximate surface area is 118 Å². The van der Waals surface area contributed by atoms with Crippen LogP contribution in [-0.2, 0) is 6.54 Å². The number of aromatic nitrogens is 1. The van der Waals surface area contributed by atoms with Gasteiger partial charge in [-0.05, 0) is 31.5 Å². The monoisotopic (exact) mass is 274 g/mol. The van der Waals surface area contributed by atoms with E-state index in [2.05, 4.69) is 10.3 Å². The first kappa shape index (κ1) is 14.5. The van der Waals surface area contributed by atoms with E-state index >= 15 is 0 Å². The third-order valence-corrected chi connectivity index (χ3v) is 3.18. The number of halogens is 1. The van der Waals surface area contributed by atoms with E-state index in [1.165, 1.54) is 12.1 Å². The Morgan fingerprint density at radius 2 is 1.95 bits per heavy atom. The van der Waals surface area contributed by atoms with Gasteiger partial charge in [-0.1, -0.05) is 12.1 Å². The summed E-state index contributed by atoms with van der Waals surface area (Å²) in [4.78, 5) is 4.46. The summed E-state index contributed by atoms with van der Waals surface area (Å²) in [6, 6.07) is 10.5. The normalized spacial score (nSPS) is 12.2. The van der Waals surface area contributed by atoms with Crippen molar-refractivity contribution in [1.82, 2.24) is 10.3 Å². The van der Waals surface area contributed by atoms with Gasteiger partial charge in [0.15, 0.2) is 0 Å². The highest BCUT2D eigenvalue weighted by molar-refractivity contribution is 5.27. The van der Waals surface area contributed by atoms with Crippen LogP contribution in [0.4, 0.5) is 4.39 Å². The topological polar surface area (TPSA) is 34.1 Å². The molecule has 0 radical (unpaired) electrons. The predicted octanol–water partition coefficient (Wildman–Crippen LogP) is 3.39. The summed E-state index contributed by atoms with van der Waals surface area (Å²) in [5.41, 5.74) is 2.90. The number of nitrogens with one attached hydrogen (secondary N) is 1. The summed E-state index contributed by atoms with van der Waals surface area (Å²) in [5, 5.41) is 3.37. The second-order valence-electron chi connectivity index (χ2n) is 4.79. The minimum Gasteiger partial charge on any atom is -0.497 e. The molecule has 3 nitrogen and oxygen atoms in total. The van der Waals surface area contributed by atoms with E-state index in [0.717, 1.165) is 22.7 Å². The van der Waals surface area contributed by atoms with Crippen molar-refractivity contribution in [2.45, 2.75) is 26.4 Å². The number of hydrogen-bond donors (Lipinski definition) is 1. The number of hydrogen-bond acceptors (Lipinski definition) is 3. The third kappa shape index (κ3) is 3.78. The Kier molecular flexibility index (Phi) is 4.69. The number of ether oxygens (including phenoxy) is 1. The van der Waals surface area contributed by atoms with Gasteiger partial charge in [0, 0.05) is 30.4 Å². The molecule has 0 saturated carbocycles. The molecule has 1 atom stereocenters. The molecule has 2 rings (SSSR count). The molecule has 0 aliphatic carbocycles. The van der Waals surface area contributed by atoms with Crippen LogP contribution in [0.1, 0.15) is 29.9 Å². The van der Waals surface area contributed by atoms with Crippen LogP contribution in [0.25, 0.3) is 0 Å². The van der Waals surface area contributed by atoms with Crippen LogP contribution >= 0.6 is 0 Å². The fourth-order valence-electron chi connectivity index (χ4n) is 2.04. The predicted molar refractivity (Wildman–Crippen MR) is 77.2 cm³/mol. The molecule has 1 unspecified atom stereocenters. The first-order valence-electron chi connectivity index (χ1n) is 6.59. The van der Waals surface area contributed by atoms with E-state index in [9.17, 15) is 4.39 Å². The van der Waals surface area contributed by atoms with Gasteiger partial charge in [-0.15, -0.1) is 0 Å². The van der Waals surface area contributed by atoms with E-state index in [0.29, 0.717) is 6.54 Å². The molecule has 0 aliphatic heterocycles. The van der Waals surface area contributed by atoms with Crippen molar-refractivity contribution in [3.63, 3.8) is 0 Å². The van der Waals surface area contributed by atoms with Gasteiger partial charge in [0.2, 0.25) is 0 Å². The first-order chi connectivity index (χ1) is 9.58. The van der Waals surface area contributed by atoms with E-state index in [1.807, 2.05) is 26.0 Å². The highest BCUT2D eigenvalue weighted by Crippen LogP contribution is 2.16. The molecule has 2 aromatic rings. The van der Waals surface area contributed by atoms with Crippen LogP contribution in [0.2, 0.25) is 0 Å². The maximum Gasteiger partial charge on any atom is 0.123 e. The second-order valence-corrected chi connectivity index (χ2v) is 4.79. The molecule has 1 aromatic heterocycles. The minimum absolute atomic E-state index is 0.129. The van der Waals surface area contributed by atoms with Crippen molar-refractivity contribution in [2.75, 3.05) is 7.11 Å². The largest absolute Gasteiger partial charge is 0.497 e. The number of nitrogens with zero attached hydrogens (tertiary/aromatic N) is 1. The molecule has 0 amide bonds. The van der Waals surface area contributed by atoms with Crippen molar-refractivity contribution in [3.05, 3.63) is 59.2 Å². The van der Waals surface area contributed by atoms with Gasteiger partial charge in [0.25, 0.3) is 0 Å². The summed E-state index contributed by atoms with van der Waals surface area (Å²) in [5.74, 6) is 0.592. The quantitative estimate of drug-likeness (QED) is 0.907. The van der Waals surface area contributed by atoms with E-state index < -0.39 is 0 Å². The lowest BCUT2D eigenvalue weighted by Crippen LogP contribution is -2.19. The number of methoxy groups -OCH3 is 1. The van der Waals surface area contributed by atoms with Crippen molar-refractivity contribution >= 4 is 0 Å². The van der Waals surface area contributed by atoms with Gasteiger partial charge in [-0.3, -0.25) is 4.98 Å². The van der Waals surface area contributed by atoms with Crippen LogP contribution in [-0.4, -0.2) is 12.1 Å². The van der Waals surface area contributed by atoms with Gasteiger partial charge in [-0.25, -0.2) is 4.39 Å². The van der Waals surface area contributed by atoms with Crippen molar-refractivity contribution in [3.8, 4) is 5.75 Å². The lowest BCUT2D eigenvalue weighted by Gasteiger charge is -2.14. The zero-order chi connectivity index (χ0) is 14.5. The summed E-state index contributed by atoms with van der Waals surface area (Å²) < 4.78 is 18.1. The molecule has 0 aliphatic rings. The average Bonchev–Trinajstić information content (AvgIpc) is 2.45. The Morgan fingerprint density at radius 3 is 2.60 bits per heavy atom. The summed E-state index contributed by atoms with van der Waals surface area (Å²) in [6.45, 7) is 4.62. The minimum atomic E-state index is -0.217. The van der Waals surface area contributed by atoms with Crippen molar-refractivity contribution in [1.29, 1.82) is 0 Å². The summed E-state index contributed by atoms with van der Waals surface area (Å²) in [7, 11) is 1.65. The second kappa shape index (κ2) is 6.48. The standard InChI is InChI=1S/C16H19FN2O/c1-11-8-16(20-3)9-15(19-11)10-18-12(2)13-4-6-14(17)7-5-13/h4-9,12,18H,10H2,1-3H3.